The number of hydrogen-bond donors (Lipinski definition) is 0. The number of benzene rings is 1. The zero-order valence-corrected chi connectivity index (χ0v) is 11.3. The first-order valence-electron chi connectivity index (χ1n) is 4.84. The maximum absolute atomic E-state index is 13.6. The molecule has 0 fully saturated rings. The van der Waals surface area contributed by atoms with Gasteiger partial charge in [-0.3, -0.25) is 0 Å². The Labute approximate surface area is 111 Å². The molecule has 6 heteroatoms. The highest BCUT2D eigenvalue weighted by Crippen LogP contribution is 2.39. The highest BCUT2D eigenvalue weighted by Gasteiger charge is 2.48. The molecule has 2 nitrogen and oxygen atoms in total. The monoisotopic (exact) mass is 326 g/mol. The minimum Gasteiger partial charge on any atom is -0.462 e. The van der Waals surface area contributed by atoms with Crippen LogP contribution in [0.2, 0.25) is 5.02 Å². The van der Waals surface area contributed by atoms with Crippen molar-refractivity contribution in [1.29, 1.82) is 0 Å². The van der Waals surface area contributed by atoms with Gasteiger partial charge >= 0.3 is 11.9 Å². The van der Waals surface area contributed by atoms with Gasteiger partial charge in [-0.15, -0.1) is 0 Å². The fourth-order valence-electron chi connectivity index (χ4n) is 1.17. The second-order valence-electron chi connectivity index (χ2n) is 3.26. The molecule has 1 rings (SSSR count). The molecule has 1 atom stereocenters. The van der Waals surface area contributed by atoms with Crippen molar-refractivity contribution >= 4 is 33.5 Å². The molecule has 0 saturated carbocycles. The summed E-state index contributed by atoms with van der Waals surface area (Å²) in [5.74, 6) is -5.17. The van der Waals surface area contributed by atoms with Crippen LogP contribution < -0.4 is 0 Å². The minimum absolute atomic E-state index is 0.0885. The third-order valence-corrected chi connectivity index (χ3v) is 3.38. The molecule has 0 N–H and O–H groups in total. The van der Waals surface area contributed by atoms with Crippen molar-refractivity contribution in [3.63, 3.8) is 0 Å². The Kier molecular flexibility index (Phi) is 4.89. The third-order valence-electron chi connectivity index (χ3n) is 2.03. The molecule has 0 aromatic heterocycles. The highest BCUT2D eigenvalue weighted by molar-refractivity contribution is 9.09. The van der Waals surface area contributed by atoms with E-state index in [1.165, 1.54) is 31.2 Å². The number of carbonyl (C=O) groups is 1. The largest absolute Gasteiger partial charge is 0.462 e. The summed E-state index contributed by atoms with van der Waals surface area (Å²) in [5.41, 5.74) is 0.257. The van der Waals surface area contributed by atoms with Crippen molar-refractivity contribution in [1.82, 2.24) is 0 Å². The van der Waals surface area contributed by atoms with E-state index in [1.54, 1.807) is 0 Å². The molecule has 0 aliphatic carbocycles. The van der Waals surface area contributed by atoms with E-state index in [-0.39, 0.29) is 12.2 Å². The summed E-state index contributed by atoms with van der Waals surface area (Å²) in [4.78, 5) is 9.68. The summed E-state index contributed by atoms with van der Waals surface area (Å²) in [6, 6.07) is 5.81. The molecule has 0 saturated heterocycles. The number of esters is 1. The number of hydrogen-bond acceptors (Lipinski definition) is 2. The first-order valence-corrected chi connectivity index (χ1v) is 6.13. The van der Waals surface area contributed by atoms with E-state index in [1.807, 2.05) is 0 Å². The van der Waals surface area contributed by atoms with E-state index in [9.17, 15) is 13.6 Å². The van der Waals surface area contributed by atoms with Gasteiger partial charge in [0.2, 0.25) is 0 Å². The van der Waals surface area contributed by atoms with Crippen molar-refractivity contribution in [2.24, 2.45) is 0 Å². The van der Waals surface area contributed by atoms with Gasteiger partial charge in [0.05, 0.1) is 6.61 Å². The number of carbonyl (C=O) groups excluding carboxylic acids is 1. The van der Waals surface area contributed by atoms with Gasteiger partial charge in [0.1, 0.15) is 4.83 Å². The predicted molar refractivity (Wildman–Crippen MR) is 64.7 cm³/mol. The van der Waals surface area contributed by atoms with Crippen LogP contribution in [0.25, 0.3) is 0 Å². The van der Waals surface area contributed by atoms with Gasteiger partial charge in [0.15, 0.2) is 0 Å². The Bertz CT molecular complexity index is 395. The van der Waals surface area contributed by atoms with Gasteiger partial charge in [-0.1, -0.05) is 39.7 Å². The van der Waals surface area contributed by atoms with Crippen LogP contribution in [-0.4, -0.2) is 18.5 Å². The standard InChI is InChI=1S/C11H10BrClF2O2/c1-2-17-10(16)11(14,15)9(12)7-3-5-8(13)6-4-7/h3-6,9H,2H2,1H3. The normalized spacial score (nSPS) is 13.2. The maximum Gasteiger partial charge on any atom is 0.378 e. The van der Waals surface area contributed by atoms with E-state index in [4.69, 9.17) is 11.6 Å². The van der Waals surface area contributed by atoms with E-state index in [2.05, 4.69) is 20.7 Å². The molecule has 0 bridgehead atoms. The minimum atomic E-state index is -3.62. The van der Waals surface area contributed by atoms with E-state index < -0.39 is 16.7 Å². The van der Waals surface area contributed by atoms with Crippen LogP contribution in [0.15, 0.2) is 24.3 Å². The first-order chi connectivity index (χ1) is 7.89. The van der Waals surface area contributed by atoms with Crippen molar-refractivity contribution < 1.29 is 18.3 Å². The topological polar surface area (TPSA) is 26.3 Å². The predicted octanol–water partition coefficient (Wildman–Crippen LogP) is 3.97. The second kappa shape index (κ2) is 5.78. The highest BCUT2D eigenvalue weighted by atomic mass is 79.9. The van der Waals surface area contributed by atoms with Crippen LogP contribution >= 0.6 is 27.5 Å². The van der Waals surface area contributed by atoms with Crippen LogP contribution in [-0.2, 0) is 9.53 Å². The SMILES string of the molecule is CCOC(=O)C(F)(F)C(Br)c1ccc(Cl)cc1. The summed E-state index contributed by atoms with van der Waals surface area (Å²) in [5, 5.41) is 0.438. The fourth-order valence-corrected chi connectivity index (χ4v) is 1.79. The van der Waals surface area contributed by atoms with Crippen LogP contribution in [0.5, 0.6) is 0 Å². The molecule has 1 aromatic carbocycles. The van der Waals surface area contributed by atoms with Crippen molar-refractivity contribution in [3.8, 4) is 0 Å². The summed E-state index contributed by atoms with van der Waals surface area (Å²) < 4.78 is 31.6. The molecule has 0 heterocycles. The Morgan fingerprint density at radius 1 is 1.47 bits per heavy atom. The van der Waals surface area contributed by atoms with Crippen LogP contribution in [0, 0.1) is 0 Å². The molecule has 0 amide bonds. The Hall–Kier alpha value is -0.680. The van der Waals surface area contributed by atoms with E-state index >= 15 is 0 Å². The van der Waals surface area contributed by atoms with Crippen LogP contribution in [0.1, 0.15) is 17.3 Å². The lowest BCUT2D eigenvalue weighted by molar-refractivity contribution is -0.171. The van der Waals surface area contributed by atoms with E-state index in [0.717, 1.165) is 0 Å². The molecule has 0 aliphatic rings. The molecular weight excluding hydrogens is 317 g/mol. The van der Waals surface area contributed by atoms with Crippen LogP contribution in [0.3, 0.4) is 0 Å². The molecule has 1 aromatic rings. The van der Waals surface area contributed by atoms with Gasteiger partial charge < -0.3 is 4.74 Å². The zero-order chi connectivity index (χ0) is 13.1. The molecule has 0 spiro atoms. The summed E-state index contributed by atoms with van der Waals surface area (Å²) in [7, 11) is 0. The molecule has 0 aliphatic heterocycles. The molecule has 17 heavy (non-hydrogen) atoms. The third kappa shape index (κ3) is 3.39. The smallest absolute Gasteiger partial charge is 0.378 e. The Morgan fingerprint density at radius 2 is 2.00 bits per heavy atom. The van der Waals surface area contributed by atoms with Crippen molar-refractivity contribution in [2.45, 2.75) is 17.7 Å². The lowest BCUT2D eigenvalue weighted by atomic mass is 10.1. The van der Waals surface area contributed by atoms with Gasteiger partial charge in [-0.05, 0) is 24.6 Å². The Morgan fingerprint density at radius 3 is 2.47 bits per heavy atom. The van der Waals surface area contributed by atoms with Gasteiger partial charge in [-0.2, -0.15) is 8.78 Å². The molecular formula is C11H10BrClF2O2. The summed E-state index contributed by atoms with van der Waals surface area (Å²) in [6.07, 6.45) is 0. The maximum atomic E-state index is 13.6. The number of ether oxygens (including phenoxy) is 1. The molecule has 0 radical (unpaired) electrons. The fraction of sp³-hybridized carbons (Fsp3) is 0.364. The van der Waals surface area contributed by atoms with Crippen molar-refractivity contribution in [3.05, 3.63) is 34.9 Å². The van der Waals surface area contributed by atoms with Gasteiger partial charge in [0, 0.05) is 5.02 Å². The number of halogens is 4. The van der Waals surface area contributed by atoms with Gasteiger partial charge in [-0.25, -0.2) is 4.79 Å². The average Bonchev–Trinajstić information content (AvgIpc) is 2.29. The summed E-state index contributed by atoms with van der Waals surface area (Å²) in [6.45, 7) is 1.38. The van der Waals surface area contributed by atoms with Crippen molar-refractivity contribution in [2.75, 3.05) is 6.61 Å². The number of alkyl halides is 3. The average molecular weight is 328 g/mol. The zero-order valence-electron chi connectivity index (χ0n) is 8.92. The quantitative estimate of drug-likeness (QED) is 0.618. The molecule has 1 unspecified atom stereocenters. The van der Waals surface area contributed by atoms with Gasteiger partial charge in [0.25, 0.3) is 0 Å². The molecule has 94 valence electrons. The second-order valence-corrected chi connectivity index (χ2v) is 4.61. The lowest BCUT2D eigenvalue weighted by Crippen LogP contribution is -2.34. The Balaban J connectivity index is 2.91. The van der Waals surface area contributed by atoms with Crippen LogP contribution in [0.4, 0.5) is 8.78 Å². The van der Waals surface area contributed by atoms with E-state index in [0.29, 0.717) is 5.02 Å². The first kappa shape index (κ1) is 14.4. The lowest BCUT2D eigenvalue weighted by Gasteiger charge is -2.20. The number of rotatable bonds is 4. The summed E-state index contributed by atoms with van der Waals surface area (Å²) >= 11 is 8.46.